The highest BCUT2D eigenvalue weighted by molar-refractivity contribution is 6.74. The number of hydrogen-bond acceptors (Lipinski definition) is 3. The molecule has 0 aromatic rings. The van der Waals surface area contributed by atoms with E-state index in [1.807, 2.05) is 0 Å². The quantitative estimate of drug-likeness (QED) is 0.334. The normalized spacial score (nSPS) is 13.4. The molecule has 0 amide bonds. The first-order chi connectivity index (χ1) is 8.64. The fraction of sp³-hybridized carbons (Fsp3) is 0.800. The van der Waals surface area contributed by atoms with E-state index in [0.717, 1.165) is 12.8 Å². The number of hydrogen-bond donors (Lipinski definition) is 0. The summed E-state index contributed by atoms with van der Waals surface area (Å²) >= 11 is 0. The smallest absolute Gasteiger partial charge is 0.384 e. The molecule has 0 aromatic carbocycles. The highest BCUT2D eigenvalue weighted by Crippen LogP contribution is 2.37. The molecule has 0 aliphatic rings. The van der Waals surface area contributed by atoms with E-state index in [1.165, 1.54) is 0 Å². The SMILES string of the molecule is CCC[C@H](C#CC(=O)OCC)O[Si](C)(C)C(C)(C)C. The van der Waals surface area contributed by atoms with E-state index in [2.05, 4.69) is 52.6 Å². The number of ether oxygens (including phenoxy) is 1. The van der Waals surface area contributed by atoms with Crippen LogP contribution in [0.2, 0.25) is 18.1 Å². The largest absolute Gasteiger partial charge is 0.456 e. The van der Waals surface area contributed by atoms with Crippen molar-refractivity contribution in [2.45, 2.75) is 71.7 Å². The first-order valence-electron chi connectivity index (χ1n) is 7.00. The summed E-state index contributed by atoms with van der Waals surface area (Å²) in [6.45, 7) is 15.2. The summed E-state index contributed by atoms with van der Waals surface area (Å²) in [4.78, 5) is 11.3. The molecule has 4 heteroatoms. The van der Waals surface area contributed by atoms with Crippen LogP contribution in [-0.4, -0.2) is 27.0 Å². The fourth-order valence-electron chi connectivity index (χ4n) is 1.26. The minimum Gasteiger partial charge on any atom is -0.456 e. The van der Waals surface area contributed by atoms with Crippen LogP contribution < -0.4 is 0 Å². The molecular weight excluding hydrogens is 256 g/mol. The van der Waals surface area contributed by atoms with Gasteiger partial charge in [0.05, 0.1) is 6.61 Å². The first-order valence-corrected chi connectivity index (χ1v) is 9.91. The zero-order valence-corrected chi connectivity index (χ0v) is 14.4. The van der Waals surface area contributed by atoms with Gasteiger partial charge in [0.25, 0.3) is 0 Å². The zero-order valence-electron chi connectivity index (χ0n) is 13.4. The Morgan fingerprint density at radius 1 is 1.26 bits per heavy atom. The van der Waals surface area contributed by atoms with Crippen LogP contribution in [0.5, 0.6) is 0 Å². The van der Waals surface area contributed by atoms with Gasteiger partial charge in [-0.15, -0.1) is 0 Å². The van der Waals surface area contributed by atoms with Gasteiger partial charge in [0.1, 0.15) is 6.10 Å². The number of esters is 1. The topological polar surface area (TPSA) is 35.5 Å². The molecule has 0 bridgehead atoms. The Balaban J connectivity index is 4.80. The first kappa shape index (κ1) is 18.2. The average Bonchev–Trinajstić information content (AvgIpc) is 2.24. The van der Waals surface area contributed by atoms with Crippen molar-refractivity contribution in [1.82, 2.24) is 0 Å². The maximum atomic E-state index is 11.3. The second kappa shape index (κ2) is 7.71. The zero-order chi connectivity index (χ0) is 15.1. The lowest BCUT2D eigenvalue weighted by molar-refractivity contribution is -0.136. The summed E-state index contributed by atoms with van der Waals surface area (Å²) in [5.74, 6) is 4.98. The van der Waals surface area contributed by atoms with Crippen molar-refractivity contribution >= 4 is 14.3 Å². The second-order valence-corrected chi connectivity index (χ2v) is 10.9. The van der Waals surface area contributed by atoms with Crippen molar-refractivity contribution in [2.24, 2.45) is 0 Å². The van der Waals surface area contributed by atoms with Gasteiger partial charge in [-0.05, 0) is 31.5 Å². The van der Waals surface area contributed by atoms with E-state index in [-0.39, 0.29) is 11.1 Å². The molecule has 19 heavy (non-hydrogen) atoms. The molecule has 0 spiro atoms. The van der Waals surface area contributed by atoms with E-state index in [9.17, 15) is 4.79 Å². The third kappa shape index (κ3) is 6.79. The lowest BCUT2D eigenvalue weighted by Crippen LogP contribution is -2.43. The van der Waals surface area contributed by atoms with Gasteiger partial charge < -0.3 is 9.16 Å². The van der Waals surface area contributed by atoms with Crippen molar-refractivity contribution in [2.75, 3.05) is 6.61 Å². The molecule has 0 unspecified atom stereocenters. The van der Waals surface area contributed by atoms with E-state index in [1.54, 1.807) is 6.92 Å². The molecule has 0 heterocycles. The van der Waals surface area contributed by atoms with Gasteiger partial charge >= 0.3 is 5.97 Å². The molecule has 0 aliphatic heterocycles. The summed E-state index contributed by atoms with van der Waals surface area (Å²) in [5.41, 5.74) is 0. The summed E-state index contributed by atoms with van der Waals surface area (Å²) in [5, 5.41) is 0.143. The van der Waals surface area contributed by atoms with E-state index in [0.29, 0.717) is 6.61 Å². The van der Waals surface area contributed by atoms with E-state index in [4.69, 9.17) is 9.16 Å². The van der Waals surface area contributed by atoms with Gasteiger partial charge in [0.2, 0.25) is 0 Å². The summed E-state index contributed by atoms with van der Waals surface area (Å²) < 4.78 is 11.0. The average molecular weight is 284 g/mol. The minimum atomic E-state index is -1.85. The number of rotatable bonds is 5. The number of carbonyl (C=O) groups excluding carboxylic acids is 1. The summed E-state index contributed by atoms with van der Waals surface area (Å²) in [7, 11) is -1.85. The van der Waals surface area contributed by atoms with Gasteiger partial charge in [-0.1, -0.05) is 40.0 Å². The lowest BCUT2D eigenvalue weighted by atomic mass is 10.2. The van der Waals surface area contributed by atoms with Gasteiger partial charge in [-0.2, -0.15) is 0 Å². The molecule has 0 radical (unpaired) electrons. The van der Waals surface area contributed by atoms with Crippen LogP contribution in [0.3, 0.4) is 0 Å². The molecule has 0 aliphatic carbocycles. The van der Waals surface area contributed by atoms with Crippen molar-refractivity contribution < 1.29 is 14.0 Å². The van der Waals surface area contributed by atoms with Gasteiger partial charge in [0, 0.05) is 5.92 Å². The van der Waals surface area contributed by atoms with Crippen molar-refractivity contribution in [3.8, 4) is 11.8 Å². The maximum absolute atomic E-state index is 11.3. The van der Waals surface area contributed by atoms with Crippen LogP contribution in [0, 0.1) is 11.8 Å². The molecule has 0 aromatic heterocycles. The molecule has 0 saturated heterocycles. The van der Waals surface area contributed by atoms with Gasteiger partial charge in [-0.3, -0.25) is 0 Å². The summed E-state index contributed by atoms with van der Waals surface area (Å²) in [6, 6.07) is 0. The minimum absolute atomic E-state index is 0.143. The Labute approximate surface area is 119 Å². The Morgan fingerprint density at radius 2 is 1.84 bits per heavy atom. The fourth-order valence-corrected chi connectivity index (χ4v) is 2.50. The summed E-state index contributed by atoms with van der Waals surface area (Å²) in [6.07, 6.45) is 1.66. The molecule has 3 nitrogen and oxygen atoms in total. The van der Waals surface area contributed by atoms with Crippen LogP contribution in [0.4, 0.5) is 0 Å². The lowest BCUT2D eigenvalue weighted by Gasteiger charge is -2.38. The second-order valence-electron chi connectivity index (χ2n) is 6.15. The van der Waals surface area contributed by atoms with Gasteiger partial charge in [0.15, 0.2) is 8.32 Å². The predicted octanol–water partition coefficient (Wildman–Crippen LogP) is 3.74. The van der Waals surface area contributed by atoms with Gasteiger partial charge in [-0.25, -0.2) is 4.79 Å². The maximum Gasteiger partial charge on any atom is 0.384 e. The Morgan fingerprint density at radius 3 is 2.26 bits per heavy atom. The highest BCUT2D eigenvalue weighted by Gasteiger charge is 2.38. The van der Waals surface area contributed by atoms with Crippen LogP contribution in [-0.2, 0) is 14.0 Å². The Bertz CT molecular complexity index is 345. The van der Waals surface area contributed by atoms with Crippen molar-refractivity contribution in [1.29, 1.82) is 0 Å². The third-order valence-electron chi connectivity index (χ3n) is 3.40. The molecule has 0 rings (SSSR count). The molecule has 0 fully saturated rings. The van der Waals surface area contributed by atoms with Crippen molar-refractivity contribution in [3.63, 3.8) is 0 Å². The monoisotopic (exact) mass is 284 g/mol. The van der Waals surface area contributed by atoms with Crippen molar-refractivity contribution in [3.05, 3.63) is 0 Å². The van der Waals surface area contributed by atoms with Crippen LogP contribution in [0.15, 0.2) is 0 Å². The van der Waals surface area contributed by atoms with E-state index >= 15 is 0 Å². The molecular formula is C15H28O3Si. The third-order valence-corrected chi connectivity index (χ3v) is 7.89. The molecule has 0 saturated carbocycles. The van der Waals surface area contributed by atoms with Crippen LogP contribution in [0.25, 0.3) is 0 Å². The molecule has 1 atom stereocenters. The van der Waals surface area contributed by atoms with Crippen LogP contribution >= 0.6 is 0 Å². The van der Waals surface area contributed by atoms with Crippen LogP contribution in [0.1, 0.15) is 47.5 Å². The number of carbonyl (C=O) groups is 1. The predicted molar refractivity (Wildman–Crippen MR) is 81.4 cm³/mol. The standard InChI is InChI=1S/C15H28O3Si/c1-8-10-13(11-12-14(16)17-9-2)18-19(6,7)15(3,4)5/h13H,8-10H2,1-7H3/t13-/m1/s1. The Kier molecular flexibility index (Phi) is 7.39. The highest BCUT2D eigenvalue weighted by atomic mass is 28.4. The van der Waals surface area contributed by atoms with E-state index < -0.39 is 14.3 Å². The Hall–Kier alpha value is -0.793. The molecule has 110 valence electrons. The molecule has 0 N–H and O–H groups in total.